The molecule has 1 aromatic carbocycles. The van der Waals surface area contributed by atoms with Crippen LogP contribution in [-0.4, -0.2) is 96.0 Å². The smallest absolute Gasteiger partial charge is 0.453 e. The number of piperazine rings is 2. The molecule has 0 bridgehead atoms. The van der Waals surface area contributed by atoms with Gasteiger partial charge in [0.15, 0.2) is 5.82 Å². The molecule has 9 nitrogen and oxygen atoms in total. The van der Waals surface area contributed by atoms with Gasteiger partial charge in [0.1, 0.15) is 11.6 Å². The molecule has 0 aliphatic carbocycles. The van der Waals surface area contributed by atoms with Gasteiger partial charge in [0.25, 0.3) is 5.82 Å². The number of fused-ring (bicyclic) bond motifs is 1. The molecule has 190 valence electrons. The molecule has 5 rings (SSSR count). The third kappa shape index (κ3) is 5.69. The molecule has 0 saturated carbocycles. The number of rotatable bonds is 6. The topological polar surface area (TPSA) is 74.0 Å². The van der Waals surface area contributed by atoms with Crippen molar-refractivity contribution in [2.24, 2.45) is 5.10 Å². The molecule has 2 saturated heterocycles. The van der Waals surface area contributed by atoms with Crippen LogP contribution in [0.15, 0.2) is 29.4 Å². The molecule has 35 heavy (non-hydrogen) atoms. The Morgan fingerprint density at radius 3 is 2.31 bits per heavy atom. The Kier molecular flexibility index (Phi) is 7.09. The molecule has 0 atom stereocenters. The van der Waals surface area contributed by atoms with Gasteiger partial charge in [0.05, 0.1) is 6.61 Å². The number of anilines is 1. The van der Waals surface area contributed by atoms with Crippen LogP contribution in [0.4, 0.5) is 18.9 Å². The van der Waals surface area contributed by atoms with E-state index in [0.29, 0.717) is 38.4 Å². The van der Waals surface area contributed by atoms with Crippen molar-refractivity contribution in [2.45, 2.75) is 25.4 Å². The van der Waals surface area contributed by atoms with Gasteiger partial charge in [-0.15, -0.1) is 10.2 Å². The summed E-state index contributed by atoms with van der Waals surface area (Å²) in [5.74, 6) is 0.724. The molecule has 12 heteroatoms. The minimum atomic E-state index is -4.57. The lowest BCUT2D eigenvalue weighted by molar-refractivity contribution is -0.147. The Labute approximate surface area is 202 Å². The van der Waals surface area contributed by atoms with E-state index in [9.17, 15) is 13.2 Å². The van der Waals surface area contributed by atoms with Crippen molar-refractivity contribution in [3.05, 3.63) is 35.9 Å². The van der Waals surface area contributed by atoms with Gasteiger partial charge in [-0.05, 0) is 30.7 Å². The highest BCUT2D eigenvalue weighted by Gasteiger charge is 2.40. The Morgan fingerprint density at radius 2 is 1.60 bits per heavy atom. The summed E-state index contributed by atoms with van der Waals surface area (Å²) in [6, 6.07) is 8.14. The van der Waals surface area contributed by atoms with Crippen molar-refractivity contribution < 1.29 is 17.9 Å². The standard InChI is InChI=1S/C23H31F3N8O/c24-23(25,26)22-29-28-20-6-7-21(30-34(20)22)33-15-13-32(14-16-33)18-2-4-19(5-3-18)35-17-1-10-31-11-8-27-9-12-31/h2-5,27H,1,6-17H2. The van der Waals surface area contributed by atoms with E-state index in [1.807, 2.05) is 12.1 Å². The highest BCUT2D eigenvalue weighted by molar-refractivity contribution is 5.83. The van der Waals surface area contributed by atoms with Crippen molar-refractivity contribution in [3.63, 3.8) is 0 Å². The number of nitrogens with zero attached hydrogens (tertiary/aromatic N) is 7. The van der Waals surface area contributed by atoms with E-state index < -0.39 is 12.0 Å². The van der Waals surface area contributed by atoms with Crippen molar-refractivity contribution >= 4 is 11.5 Å². The number of hydrogen-bond acceptors (Lipinski definition) is 8. The number of halogens is 3. The van der Waals surface area contributed by atoms with E-state index >= 15 is 0 Å². The SMILES string of the molecule is FC(F)(F)c1nnc2n1N=C(N1CCN(c3ccc(OCCCN4CCNCC4)cc3)CC1)CC2. The van der Waals surface area contributed by atoms with Crippen molar-refractivity contribution in [2.75, 3.05) is 70.4 Å². The first-order valence-corrected chi connectivity index (χ1v) is 12.2. The van der Waals surface area contributed by atoms with Crippen LogP contribution in [0.5, 0.6) is 5.75 Å². The van der Waals surface area contributed by atoms with Crippen LogP contribution < -0.4 is 15.0 Å². The van der Waals surface area contributed by atoms with E-state index in [0.717, 1.165) is 68.3 Å². The second kappa shape index (κ2) is 10.4. The molecule has 3 aliphatic rings. The van der Waals surface area contributed by atoms with Crippen molar-refractivity contribution in [1.29, 1.82) is 0 Å². The largest absolute Gasteiger partial charge is 0.494 e. The number of alkyl halides is 3. The van der Waals surface area contributed by atoms with E-state index in [1.165, 1.54) is 0 Å². The molecule has 0 radical (unpaired) electrons. The molecule has 2 aromatic rings. The quantitative estimate of drug-likeness (QED) is 0.618. The summed E-state index contributed by atoms with van der Waals surface area (Å²) in [4.78, 5) is 6.80. The monoisotopic (exact) mass is 492 g/mol. The minimum Gasteiger partial charge on any atom is -0.494 e. The number of hydrogen-bond donors (Lipinski definition) is 1. The fourth-order valence-electron chi connectivity index (χ4n) is 4.75. The number of ether oxygens (including phenoxy) is 1. The van der Waals surface area contributed by atoms with Crippen LogP contribution in [0.25, 0.3) is 0 Å². The van der Waals surface area contributed by atoms with Crippen molar-refractivity contribution in [3.8, 4) is 5.75 Å². The van der Waals surface area contributed by atoms with Gasteiger partial charge in [-0.3, -0.25) is 0 Å². The van der Waals surface area contributed by atoms with Gasteiger partial charge in [-0.1, -0.05) is 0 Å². The zero-order valence-corrected chi connectivity index (χ0v) is 19.7. The Hall–Kier alpha value is -2.86. The van der Waals surface area contributed by atoms with E-state index in [2.05, 4.69) is 47.4 Å². The summed E-state index contributed by atoms with van der Waals surface area (Å²) < 4.78 is 46.3. The summed E-state index contributed by atoms with van der Waals surface area (Å²) in [6.07, 6.45) is -2.60. The first-order valence-electron chi connectivity index (χ1n) is 12.2. The fraction of sp³-hybridized carbons (Fsp3) is 0.609. The van der Waals surface area contributed by atoms with Gasteiger partial charge in [0.2, 0.25) is 0 Å². The average Bonchev–Trinajstić information content (AvgIpc) is 3.32. The van der Waals surface area contributed by atoms with Crippen molar-refractivity contribution in [1.82, 2.24) is 30.0 Å². The van der Waals surface area contributed by atoms with Crippen LogP contribution in [0, 0.1) is 0 Å². The molecule has 0 spiro atoms. The van der Waals surface area contributed by atoms with Crippen LogP contribution >= 0.6 is 0 Å². The number of benzene rings is 1. The maximum absolute atomic E-state index is 13.2. The van der Waals surface area contributed by atoms with Crippen LogP contribution in [-0.2, 0) is 12.6 Å². The summed E-state index contributed by atoms with van der Waals surface area (Å²) in [5.41, 5.74) is 1.11. The lowest BCUT2D eigenvalue weighted by atomic mass is 10.2. The van der Waals surface area contributed by atoms with Gasteiger partial charge >= 0.3 is 6.18 Å². The average molecular weight is 493 g/mol. The third-order valence-corrected chi connectivity index (χ3v) is 6.69. The lowest BCUT2D eigenvalue weighted by Gasteiger charge is -2.38. The predicted octanol–water partition coefficient (Wildman–Crippen LogP) is 1.90. The summed E-state index contributed by atoms with van der Waals surface area (Å²) in [6.45, 7) is 9.02. The first-order chi connectivity index (χ1) is 17.0. The molecule has 2 fully saturated rings. The molecular formula is C23H31F3N8O. The summed E-state index contributed by atoms with van der Waals surface area (Å²) in [7, 11) is 0. The second-order valence-electron chi connectivity index (χ2n) is 9.03. The number of aryl methyl sites for hydroxylation is 1. The van der Waals surface area contributed by atoms with Gasteiger partial charge in [0, 0.05) is 77.4 Å². The first kappa shape index (κ1) is 23.9. The van der Waals surface area contributed by atoms with E-state index in [4.69, 9.17) is 4.74 Å². The number of amidine groups is 1. The molecule has 4 heterocycles. The predicted molar refractivity (Wildman–Crippen MR) is 126 cm³/mol. The molecule has 1 N–H and O–H groups in total. The lowest BCUT2D eigenvalue weighted by Crippen LogP contribution is -2.49. The number of nitrogens with one attached hydrogen (secondary N) is 1. The van der Waals surface area contributed by atoms with E-state index in [1.54, 1.807) is 0 Å². The summed E-state index contributed by atoms with van der Waals surface area (Å²) in [5, 5.41) is 14.5. The molecule has 3 aliphatic heterocycles. The molecule has 0 amide bonds. The normalized spacial score (nSPS) is 19.5. The zero-order valence-electron chi connectivity index (χ0n) is 19.7. The summed E-state index contributed by atoms with van der Waals surface area (Å²) >= 11 is 0. The number of aromatic nitrogens is 3. The van der Waals surface area contributed by atoms with Gasteiger partial charge in [-0.25, -0.2) is 0 Å². The fourth-order valence-corrected chi connectivity index (χ4v) is 4.75. The highest BCUT2D eigenvalue weighted by atomic mass is 19.4. The molecule has 0 unspecified atom stereocenters. The molecular weight excluding hydrogens is 461 g/mol. The second-order valence-corrected chi connectivity index (χ2v) is 9.03. The Bertz CT molecular complexity index is 1010. The maximum Gasteiger partial charge on any atom is 0.453 e. The third-order valence-electron chi connectivity index (χ3n) is 6.69. The Balaban J connectivity index is 1.10. The molecule has 1 aromatic heterocycles. The maximum atomic E-state index is 13.2. The Morgan fingerprint density at radius 1 is 0.886 bits per heavy atom. The van der Waals surface area contributed by atoms with Crippen LogP contribution in [0.2, 0.25) is 0 Å². The van der Waals surface area contributed by atoms with Crippen LogP contribution in [0.1, 0.15) is 24.5 Å². The van der Waals surface area contributed by atoms with E-state index in [-0.39, 0.29) is 5.82 Å². The van der Waals surface area contributed by atoms with Crippen LogP contribution in [0.3, 0.4) is 0 Å². The zero-order chi connectivity index (χ0) is 24.3. The minimum absolute atomic E-state index is 0.255. The highest BCUT2D eigenvalue weighted by Crippen LogP contribution is 2.30. The van der Waals surface area contributed by atoms with Gasteiger partial charge < -0.3 is 24.8 Å². The van der Waals surface area contributed by atoms with Gasteiger partial charge in [-0.2, -0.15) is 22.9 Å².